The minimum Gasteiger partial charge on any atom is -0.367 e. The van der Waals surface area contributed by atoms with E-state index in [9.17, 15) is 8.78 Å². The standard InChI is InChI=1S/C11H17F2N3/c12-11(13,10-1-3-15-9-10)2-6-16-7-4-14-5-8-16/h1,3,9,14-15H,2,4-8H2. The molecule has 1 aromatic heterocycles. The summed E-state index contributed by atoms with van der Waals surface area (Å²) in [5, 5.41) is 3.21. The number of nitrogens with one attached hydrogen (secondary N) is 2. The lowest BCUT2D eigenvalue weighted by Gasteiger charge is -2.28. The van der Waals surface area contributed by atoms with E-state index in [2.05, 4.69) is 15.2 Å². The lowest BCUT2D eigenvalue weighted by molar-refractivity contribution is -0.0224. The molecule has 0 radical (unpaired) electrons. The van der Waals surface area contributed by atoms with Gasteiger partial charge >= 0.3 is 0 Å². The summed E-state index contributed by atoms with van der Waals surface area (Å²) in [6.45, 7) is 3.98. The second-order valence-corrected chi connectivity index (χ2v) is 4.15. The lowest BCUT2D eigenvalue weighted by atomic mass is 10.1. The minimum atomic E-state index is -2.72. The van der Waals surface area contributed by atoms with Gasteiger partial charge in [0.05, 0.1) is 0 Å². The smallest absolute Gasteiger partial charge is 0.275 e. The van der Waals surface area contributed by atoms with Crippen LogP contribution in [0.15, 0.2) is 18.5 Å². The van der Waals surface area contributed by atoms with Crippen LogP contribution in [-0.4, -0.2) is 42.6 Å². The first-order chi connectivity index (χ1) is 7.68. The molecule has 1 fully saturated rings. The van der Waals surface area contributed by atoms with E-state index < -0.39 is 5.92 Å². The van der Waals surface area contributed by atoms with Crippen LogP contribution in [-0.2, 0) is 5.92 Å². The van der Waals surface area contributed by atoms with Crippen molar-refractivity contribution in [1.82, 2.24) is 15.2 Å². The van der Waals surface area contributed by atoms with E-state index in [1.165, 1.54) is 18.5 Å². The molecule has 2 rings (SSSR count). The Bertz CT molecular complexity index is 305. The van der Waals surface area contributed by atoms with E-state index >= 15 is 0 Å². The van der Waals surface area contributed by atoms with Gasteiger partial charge in [-0.15, -0.1) is 0 Å². The minimum absolute atomic E-state index is 0.0858. The molecule has 0 aliphatic carbocycles. The van der Waals surface area contributed by atoms with Crippen LogP contribution in [0.2, 0.25) is 0 Å². The first-order valence-electron chi connectivity index (χ1n) is 5.63. The van der Waals surface area contributed by atoms with E-state index in [4.69, 9.17) is 0 Å². The van der Waals surface area contributed by atoms with Crippen molar-refractivity contribution in [2.24, 2.45) is 0 Å². The molecule has 1 aliphatic rings. The summed E-state index contributed by atoms with van der Waals surface area (Å²) in [6.07, 6.45) is 2.80. The molecule has 0 bridgehead atoms. The third kappa shape index (κ3) is 2.80. The molecule has 0 atom stereocenters. The van der Waals surface area contributed by atoms with Gasteiger partial charge in [-0.25, -0.2) is 8.78 Å². The zero-order valence-corrected chi connectivity index (χ0v) is 9.18. The molecule has 3 nitrogen and oxygen atoms in total. The van der Waals surface area contributed by atoms with Gasteiger partial charge in [0.15, 0.2) is 0 Å². The summed E-state index contributed by atoms with van der Waals surface area (Å²) in [6, 6.07) is 1.44. The van der Waals surface area contributed by atoms with Crippen LogP contribution in [0.5, 0.6) is 0 Å². The number of nitrogens with zero attached hydrogens (tertiary/aromatic N) is 1. The summed E-state index contributed by atoms with van der Waals surface area (Å²) >= 11 is 0. The number of alkyl halides is 2. The van der Waals surface area contributed by atoms with Gasteiger partial charge in [-0.05, 0) is 6.07 Å². The van der Waals surface area contributed by atoms with E-state index in [-0.39, 0.29) is 12.0 Å². The third-order valence-corrected chi connectivity index (χ3v) is 2.97. The fraction of sp³-hybridized carbons (Fsp3) is 0.636. The van der Waals surface area contributed by atoms with Crippen molar-refractivity contribution in [1.29, 1.82) is 0 Å². The molecule has 2 N–H and O–H groups in total. The molecule has 1 aromatic rings. The molecule has 16 heavy (non-hydrogen) atoms. The van der Waals surface area contributed by atoms with Crippen LogP contribution in [0.1, 0.15) is 12.0 Å². The summed E-state index contributed by atoms with van der Waals surface area (Å²) in [5.74, 6) is -2.72. The summed E-state index contributed by atoms with van der Waals surface area (Å²) in [4.78, 5) is 4.75. The molecule has 90 valence electrons. The van der Waals surface area contributed by atoms with Gasteiger partial charge in [0.2, 0.25) is 0 Å². The Morgan fingerprint density at radius 3 is 2.69 bits per heavy atom. The van der Waals surface area contributed by atoms with Gasteiger partial charge in [-0.1, -0.05) is 0 Å². The third-order valence-electron chi connectivity index (χ3n) is 2.97. The van der Waals surface area contributed by atoms with Gasteiger partial charge in [-0.3, -0.25) is 0 Å². The Morgan fingerprint density at radius 1 is 1.31 bits per heavy atom. The molecule has 0 spiro atoms. The largest absolute Gasteiger partial charge is 0.367 e. The predicted molar refractivity (Wildman–Crippen MR) is 58.6 cm³/mol. The van der Waals surface area contributed by atoms with Gasteiger partial charge in [0.1, 0.15) is 0 Å². The van der Waals surface area contributed by atoms with Crippen molar-refractivity contribution in [2.45, 2.75) is 12.3 Å². The molecule has 0 saturated carbocycles. The molecule has 2 heterocycles. The number of halogens is 2. The van der Waals surface area contributed by atoms with Crippen molar-refractivity contribution in [3.63, 3.8) is 0 Å². The Hall–Kier alpha value is -0.940. The molecular weight excluding hydrogens is 212 g/mol. The van der Waals surface area contributed by atoms with Crippen molar-refractivity contribution in [3.05, 3.63) is 24.0 Å². The fourth-order valence-corrected chi connectivity index (χ4v) is 1.93. The Labute approximate surface area is 93.8 Å². The van der Waals surface area contributed by atoms with Gasteiger partial charge in [0.25, 0.3) is 5.92 Å². The van der Waals surface area contributed by atoms with Crippen LogP contribution in [0, 0.1) is 0 Å². The van der Waals surface area contributed by atoms with Crippen molar-refractivity contribution < 1.29 is 8.78 Å². The normalized spacial score (nSPS) is 18.9. The van der Waals surface area contributed by atoms with Gasteiger partial charge < -0.3 is 15.2 Å². The molecule has 1 saturated heterocycles. The second-order valence-electron chi connectivity index (χ2n) is 4.15. The maximum Gasteiger partial charge on any atom is 0.275 e. The molecule has 0 aromatic carbocycles. The maximum absolute atomic E-state index is 13.7. The van der Waals surface area contributed by atoms with Gasteiger partial charge in [0, 0.05) is 57.1 Å². The van der Waals surface area contributed by atoms with E-state index in [0.29, 0.717) is 6.54 Å². The monoisotopic (exact) mass is 229 g/mol. The molecule has 0 amide bonds. The van der Waals surface area contributed by atoms with E-state index in [1.807, 2.05) is 0 Å². The summed E-state index contributed by atoms with van der Waals surface area (Å²) < 4.78 is 27.4. The van der Waals surface area contributed by atoms with Crippen molar-refractivity contribution in [2.75, 3.05) is 32.7 Å². The number of hydrogen-bond acceptors (Lipinski definition) is 2. The van der Waals surface area contributed by atoms with Crippen molar-refractivity contribution in [3.8, 4) is 0 Å². The van der Waals surface area contributed by atoms with Crippen LogP contribution in [0.4, 0.5) is 8.78 Å². The SMILES string of the molecule is FC(F)(CCN1CCNCC1)c1cc[nH]c1. The fourth-order valence-electron chi connectivity index (χ4n) is 1.93. The molecular formula is C11H17F2N3. The lowest BCUT2D eigenvalue weighted by Crippen LogP contribution is -2.44. The number of aromatic amines is 1. The average Bonchev–Trinajstić information content (AvgIpc) is 2.82. The number of H-pyrrole nitrogens is 1. The quantitative estimate of drug-likeness (QED) is 0.817. The number of aromatic nitrogens is 1. The highest BCUT2D eigenvalue weighted by molar-refractivity contribution is 5.15. The van der Waals surface area contributed by atoms with Gasteiger partial charge in [-0.2, -0.15) is 0 Å². The Morgan fingerprint density at radius 2 is 2.06 bits per heavy atom. The van der Waals surface area contributed by atoms with Crippen LogP contribution in [0.3, 0.4) is 0 Å². The summed E-state index contributed by atoms with van der Waals surface area (Å²) in [7, 11) is 0. The zero-order valence-electron chi connectivity index (χ0n) is 9.18. The van der Waals surface area contributed by atoms with Crippen LogP contribution < -0.4 is 5.32 Å². The first-order valence-corrected chi connectivity index (χ1v) is 5.63. The predicted octanol–water partition coefficient (Wildman–Crippen LogP) is 1.40. The van der Waals surface area contributed by atoms with Crippen LogP contribution in [0.25, 0.3) is 0 Å². The topological polar surface area (TPSA) is 31.1 Å². The Kier molecular flexibility index (Phi) is 3.56. The Balaban J connectivity index is 1.84. The molecule has 5 heteroatoms. The number of rotatable bonds is 4. The first kappa shape index (κ1) is 11.5. The zero-order chi connectivity index (χ0) is 11.4. The number of hydrogen-bond donors (Lipinski definition) is 2. The molecule has 1 aliphatic heterocycles. The van der Waals surface area contributed by atoms with Crippen molar-refractivity contribution >= 4 is 0 Å². The maximum atomic E-state index is 13.7. The highest BCUT2D eigenvalue weighted by Crippen LogP contribution is 2.31. The summed E-state index contributed by atoms with van der Waals surface area (Å²) in [5.41, 5.74) is 0.0858. The van der Waals surface area contributed by atoms with E-state index in [0.717, 1.165) is 26.2 Å². The average molecular weight is 229 g/mol. The number of piperazine rings is 1. The second kappa shape index (κ2) is 4.93. The highest BCUT2D eigenvalue weighted by Gasteiger charge is 2.32. The molecule has 0 unspecified atom stereocenters. The van der Waals surface area contributed by atoms with E-state index in [1.54, 1.807) is 0 Å². The highest BCUT2D eigenvalue weighted by atomic mass is 19.3. The van der Waals surface area contributed by atoms with Crippen LogP contribution >= 0.6 is 0 Å².